The number of benzene rings is 2. The Morgan fingerprint density at radius 3 is 2.45 bits per heavy atom. The van der Waals surface area contributed by atoms with E-state index in [1.54, 1.807) is 18.2 Å². The predicted molar refractivity (Wildman–Crippen MR) is 103 cm³/mol. The Labute approximate surface area is 165 Å². The van der Waals surface area contributed by atoms with E-state index in [0.717, 1.165) is 30.3 Å². The van der Waals surface area contributed by atoms with Crippen LogP contribution in [0.4, 0.5) is 18.9 Å². The molecule has 8 heteroatoms. The number of halogens is 3. The molecule has 0 radical (unpaired) electrons. The van der Waals surface area contributed by atoms with Crippen LogP contribution in [0.5, 0.6) is 0 Å². The molecule has 0 aliphatic heterocycles. The summed E-state index contributed by atoms with van der Waals surface area (Å²) in [6.07, 6.45) is -0.814. The fourth-order valence-electron chi connectivity index (χ4n) is 3.80. The molecule has 1 aliphatic rings. The zero-order valence-corrected chi connectivity index (χ0v) is 15.5. The molecule has 0 bridgehead atoms. The average Bonchev–Trinajstić information content (AvgIpc) is 3.36. The van der Waals surface area contributed by atoms with Crippen LogP contribution < -0.4 is 5.32 Å². The highest BCUT2D eigenvalue weighted by atomic mass is 19.4. The maximum Gasteiger partial charge on any atom is 0.450 e. The number of aliphatic hydroxyl groups is 1. The van der Waals surface area contributed by atoms with Crippen molar-refractivity contribution >= 4 is 22.6 Å². The monoisotopic (exact) mass is 403 g/mol. The van der Waals surface area contributed by atoms with Crippen molar-refractivity contribution in [2.24, 2.45) is 5.92 Å². The maximum atomic E-state index is 13.6. The van der Waals surface area contributed by atoms with Crippen molar-refractivity contribution in [1.29, 1.82) is 0 Å². The molecule has 29 heavy (non-hydrogen) atoms. The van der Waals surface area contributed by atoms with Crippen LogP contribution in [0.2, 0.25) is 0 Å². The van der Waals surface area contributed by atoms with Gasteiger partial charge < -0.3 is 10.4 Å². The van der Waals surface area contributed by atoms with Gasteiger partial charge in [-0.2, -0.15) is 13.2 Å². The van der Waals surface area contributed by atoms with Gasteiger partial charge in [0.2, 0.25) is 11.7 Å². The third-order valence-electron chi connectivity index (χ3n) is 5.27. The molecule has 0 spiro atoms. The Bertz CT molecular complexity index is 1040. The van der Waals surface area contributed by atoms with E-state index < -0.39 is 12.0 Å². The molecule has 152 valence electrons. The van der Waals surface area contributed by atoms with Crippen LogP contribution in [0.1, 0.15) is 37.1 Å². The Kier molecular flexibility index (Phi) is 5.04. The lowest BCUT2D eigenvalue weighted by molar-refractivity contribution is -0.145. The minimum atomic E-state index is -4.65. The number of amides is 1. The summed E-state index contributed by atoms with van der Waals surface area (Å²) in [7, 11) is 0. The number of hydrogen-bond donors (Lipinski definition) is 2. The van der Waals surface area contributed by atoms with E-state index in [1.807, 2.05) is 0 Å². The second-order valence-corrected chi connectivity index (χ2v) is 7.27. The molecule has 5 nitrogen and oxygen atoms in total. The Hall–Kier alpha value is -2.87. The smallest absolute Gasteiger partial charge is 0.392 e. The lowest BCUT2D eigenvalue weighted by Gasteiger charge is -2.13. The quantitative estimate of drug-likeness (QED) is 0.666. The molecule has 0 atom stereocenters. The van der Waals surface area contributed by atoms with Gasteiger partial charge in [-0.05, 0) is 54.8 Å². The van der Waals surface area contributed by atoms with Gasteiger partial charge in [0.05, 0.1) is 17.6 Å². The molecule has 2 N–H and O–H groups in total. The van der Waals surface area contributed by atoms with Gasteiger partial charge in [-0.25, -0.2) is 4.98 Å². The van der Waals surface area contributed by atoms with Crippen molar-refractivity contribution in [1.82, 2.24) is 9.55 Å². The van der Waals surface area contributed by atoms with Crippen molar-refractivity contribution in [3.05, 3.63) is 53.9 Å². The lowest BCUT2D eigenvalue weighted by Crippen LogP contribution is -2.20. The van der Waals surface area contributed by atoms with Gasteiger partial charge in [-0.3, -0.25) is 9.36 Å². The van der Waals surface area contributed by atoms with Gasteiger partial charge in [0.1, 0.15) is 0 Å². The summed E-state index contributed by atoms with van der Waals surface area (Å²) in [4.78, 5) is 16.0. The number of anilines is 1. The Balaban J connectivity index is 1.69. The molecule has 0 saturated heterocycles. The van der Waals surface area contributed by atoms with Crippen LogP contribution >= 0.6 is 0 Å². The summed E-state index contributed by atoms with van der Waals surface area (Å²) in [5.41, 5.74) is 1.77. The van der Waals surface area contributed by atoms with Crippen LogP contribution in [-0.4, -0.2) is 20.6 Å². The summed E-state index contributed by atoms with van der Waals surface area (Å²) >= 11 is 0. The van der Waals surface area contributed by atoms with E-state index in [2.05, 4.69) is 10.3 Å². The summed E-state index contributed by atoms with van der Waals surface area (Å²) in [5, 5.41) is 12.1. The number of fused-ring (bicyclic) bond motifs is 1. The summed E-state index contributed by atoms with van der Waals surface area (Å²) in [6.45, 7) is -0.278. The first-order chi connectivity index (χ1) is 13.9. The standard InChI is InChI=1S/C21H20F3N3O2/c22-21(23,24)20-26-17-11-13(12-28)5-10-18(17)27(20)16-8-6-15(7-9-16)25-19(29)14-3-1-2-4-14/h5-11,14,28H,1-4,12H2,(H,25,29). The van der Waals surface area contributed by atoms with E-state index in [-0.39, 0.29) is 35.2 Å². The van der Waals surface area contributed by atoms with Gasteiger partial charge >= 0.3 is 6.18 Å². The van der Waals surface area contributed by atoms with Crippen molar-refractivity contribution < 1.29 is 23.1 Å². The molecule has 1 aliphatic carbocycles. The SMILES string of the molecule is O=C(Nc1ccc(-n2c(C(F)(F)F)nc3cc(CO)ccc32)cc1)C1CCCC1. The number of imidazole rings is 1. The van der Waals surface area contributed by atoms with E-state index >= 15 is 0 Å². The number of aromatic nitrogens is 2. The van der Waals surface area contributed by atoms with Gasteiger partial charge in [0, 0.05) is 17.3 Å². The number of nitrogens with zero attached hydrogens (tertiary/aromatic N) is 2. The van der Waals surface area contributed by atoms with Crippen molar-refractivity contribution in [3.63, 3.8) is 0 Å². The highest BCUT2D eigenvalue weighted by Crippen LogP contribution is 2.34. The maximum absolute atomic E-state index is 13.6. The van der Waals surface area contributed by atoms with Gasteiger partial charge in [0.15, 0.2) is 0 Å². The van der Waals surface area contributed by atoms with Crippen molar-refractivity contribution in [2.45, 2.75) is 38.5 Å². The van der Waals surface area contributed by atoms with E-state index in [9.17, 15) is 23.1 Å². The highest BCUT2D eigenvalue weighted by Gasteiger charge is 2.38. The molecule has 0 unspecified atom stereocenters. The first-order valence-corrected chi connectivity index (χ1v) is 9.47. The first-order valence-electron chi connectivity index (χ1n) is 9.47. The highest BCUT2D eigenvalue weighted by molar-refractivity contribution is 5.92. The second-order valence-electron chi connectivity index (χ2n) is 7.27. The van der Waals surface area contributed by atoms with E-state index in [1.165, 1.54) is 24.3 Å². The van der Waals surface area contributed by atoms with Crippen LogP contribution in [0.25, 0.3) is 16.7 Å². The molecule has 3 aromatic rings. The third-order valence-corrected chi connectivity index (χ3v) is 5.27. The Morgan fingerprint density at radius 1 is 1.14 bits per heavy atom. The number of aliphatic hydroxyl groups excluding tert-OH is 1. The van der Waals surface area contributed by atoms with Crippen molar-refractivity contribution in [2.75, 3.05) is 5.32 Å². The number of carbonyl (C=O) groups excluding carboxylic acids is 1. The van der Waals surface area contributed by atoms with Crippen LogP contribution in [0.15, 0.2) is 42.5 Å². The molecule has 1 aromatic heterocycles. The van der Waals surface area contributed by atoms with E-state index in [4.69, 9.17) is 0 Å². The van der Waals surface area contributed by atoms with Gasteiger partial charge in [-0.1, -0.05) is 18.9 Å². The summed E-state index contributed by atoms with van der Waals surface area (Å²) < 4.78 is 41.8. The summed E-state index contributed by atoms with van der Waals surface area (Å²) in [6, 6.07) is 10.8. The molecule has 1 amide bonds. The average molecular weight is 403 g/mol. The number of rotatable bonds is 4. The molecule has 4 rings (SSSR count). The molecule has 2 aromatic carbocycles. The third kappa shape index (κ3) is 3.85. The zero-order chi connectivity index (χ0) is 20.6. The second kappa shape index (κ2) is 7.51. The van der Waals surface area contributed by atoms with Crippen LogP contribution in [0.3, 0.4) is 0 Å². The summed E-state index contributed by atoms with van der Waals surface area (Å²) in [5.74, 6) is -1.08. The normalized spacial score (nSPS) is 15.2. The minimum Gasteiger partial charge on any atom is -0.392 e. The minimum absolute atomic E-state index is 0.00446. The number of alkyl halides is 3. The number of nitrogens with one attached hydrogen (secondary N) is 1. The molecule has 1 saturated carbocycles. The zero-order valence-electron chi connectivity index (χ0n) is 15.5. The van der Waals surface area contributed by atoms with Crippen molar-refractivity contribution in [3.8, 4) is 5.69 Å². The lowest BCUT2D eigenvalue weighted by atomic mass is 10.1. The number of carbonyl (C=O) groups is 1. The Morgan fingerprint density at radius 2 is 1.83 bits per heavy atom. The fourth-order valence-corrected chi connectivity index (χ4v) is 3.80. The van der Waals surface area contributed by atoms with Crippen LogP contribution in [-0.2, 0) is 17.6 Å². The largest absolute Gasteiger partial charge is 0.450 e. The topological polar surface area (TPSA) is 67.2 Å². The van der Waals surface area contributed by atoms with Gasteiger partial charge in [-0.15, -0.1) is 0 Å². The van der Waals surface area contributed by atoms with Gasteiger partial charge in [0.25, 0.3) is 0 Å². The van der Waals surface area contributed by atoms with E-state index in [0.29, 0.717) is 11.3 Å². The molecular formula is C21H20F3N3O2. The predicted octanol–water partition coefficient (Wildman–Crippen LogP) is 4.67. The molecular weight excluding hydrogens is 383 g/mol. The molecule has 1 fully saturated rings. The fraction of sp³-hybridized carbons (Fsp3) is 0.333. The molecule has 1 heterocycles. The van der Waals surface area contributed by atoms with Crippen LogP contribution in [0, 0.1) is 5.92 Å². The number of hydrogen-bond acceptors (Lipinski definition) is 3. The first kappa shape index (κ1) is 19.4.